The number of para-hydroxylation sites is 2. The van der Waals surface area contributed by atoms with Crippen LogP contribution in [-0.4, -0.2) is 21.7 Å². The molecule has 0 amide bonds. The highest BCUT2D eigenvalue weighted by Gasteiger charge is 2.19. The summed E-state index contributed by atoms with van der Waals surface area (Å²) in [5.41, 5.74) is 5.94. The molecule has 126 valence electrons. The lowest BCUT2D eigenvalue weighted by Crippen LogP contribution is -2.25. The van der Waals surface area contributed by atoms with Crippen molar-refractivity contribution in [2.45, 2.75) is 26.7 Å². The zero-order chi connectivity index (χ0) is 17.2. The van der Waals surface area contributed by atoms with Gasteiger partial charge in [-0.2, -0.15) is 10.1 Å². The van der Waals surface area contributed by atoms with Gasteiger partial charge in [-0.3, -0.25) is 0 Å². The van der Waals surface area contributed by atoms with Crippen molar-refractivity contribution in [3.63, 3.8) is 0 Å². The van der Waals surface area contributed by atoms with E-state index in [0.29, 0.717) is 5.95 Å². The highest BCUT2D eigenvalue weighted by atomic mass is 15.3. The van der Waals surface area contributed by atoms with Crippen LogP contribution in [0.1, 0.15) is 23.1 Å². The van der Waals surface area contributed by atoms with Crippen LogP contribution in [0.2, 0.25) is 0 Å². The number of aromatic nitrogens is 3. The molecule has 1 N–H and O–H groups in total. The first-order valence-electron chi connectivity index (χ1n) is 8.61. The molecule has 4 rings (SSSR count). The third-order valence-corrected chi connectivity index (χ3v) is 4.65. The zero-order valence-electron chi connectivity index (χ0n) is 14.5. The van der Waals surface area contributed by atoms with Crippen LogP contribution in [0.15, 0.2) is 48.7 Å². The lowest BCUT2D eigenvalue weighted by molar-refractivity contribution is 0.754. The summed E-state index contributed by atoms with van der Waals surface area (Å²) in [6.45, 7) is 5.10. The summed E-state index contributed by atoms with van der Waals surface area (Å²) in [6, 6.07) is 14.7. The van der Waals surface area contributed by atoms with Crippen LogP contribution in [0.4, 0.5) is 23.1 Å². The van der Waals surface area contributed by atoms with Gasteiger partial charge in [0.2, 0.25) is 5.95 Å². The highest BCUT2D eigenvalue weighted by molar-refractivity contribution is 5.67. The first kappa shape index (κ1) is 15.6. The molecular weight excluding hydrogens is 310 g/mol. The Balaban J connectivity index is 1.67. The Morgan fingerprint density at radius 1 is 1.00 bits per heavy atom. The number of hydrogen-bond acceptors (Lipinski definition) is 5. The summed E-state index contributed by atoms with van der Waals surface area (Å²) in [5, 5.41) is 11.7. The van der Waals surface area contributed by atoms with E-state index in [1.54, 1.807) is 6.20 Å². The Hall–Kier alpha value is -2.95. The average Bonchev–Trinajstić information content (AvgIpc) is 2.65. The molecule has 5 heteroatoms. The first-order valence-corrected chi connectivity index (χ1v) is 8.61. The van der Waals surface area contributed by atoms with Crippen molar-refractivity contribution in [2.24, 2.45) is 0 Å². The molecule has 0 radical (unpaired) electrons. The van der Waals surface area contributed by atoms with E-state index in [4.69, 9.17) is 4.98 Å². The van der Waals surface area contributed by atoms with Gasteiger partial charge in [0, 0.05) is 17.9 Å². The second-order valence-corrected chi connectivity index (χ2v) is 6.41. The second-order valence-electron chi connectivity index (χ2n) is 6.41. The van der Waals surface area contributed by atoms with Crippen LogP contribution in [0, 0.1) is 13.8 Å². The van der Waals surface area contributed by atoms with Crippen molar-refractivity contribution >= 4 is 23.1 Å². The minimum Gasteiger partial charge on any atom is -0.325 e. The van der Waals surface area contributed by atoms with E-state index < -0.39 is 0 Å². The molecule has 1 aliphatic rings. The number of nitrogens with zero attached hydrogens (tertiary/aromatic N) is 4. The first-order chi connectivity index (χ1) is 12.2. The van der Waals surface area contributed by atoms with E-state index in [-0.39, 0.29) is 0 Å². The van der Waals surface area contributed by atoms with Crippen molar-refractivity contribution in [1.82, 2.24) is 15.2 Å². The molecule has 0 bridgehead atoms. The Labute approximate surface area is 147 Å². The van der Waals surface area contributed by atoms with Crippen LogP contribution >= 0.6 is 0 Å². The number of benzene rings is 2. The predicted molar refractivity (Wildman–Crippen MR) is 101 cm³/mol. The van der Waals surface area contributed by atoms with Crippen molar-refractivity contribution in [3.8, 4) is 0 Å². The van der Waals surface area contributed by atoms with Gasteiger partial charge in [0.05, 0.1) is 6.20 Å². The van der Waals surface area contributed by atoms with Crippen molar-refractivity contribution in [3.05, 3.63) is 65.4 Å². The molecule has 2 aromatic carbocycles. The van der Waals surface area contributed by atoms with Gasteiger partial charge in [0.15, 0.2) is 5.82 Å². The van der Waals surface area contributed by atoms with Crippen molar-refractivity contribution in [2.75, 3.05) is 16.8 Å². The molecule has 5 nitrogen and oxygen atoms in total. The van der Waals surface area contributed by atoms with Gasteiger partial charge in [0.25, 0.3) is 0 Å². The summed E-state index contributed by atoms with van der Waals surface area (Å²) in [5.74, 6) is 1.36. The molecule has 0 fully saturated rings. The Bertz CT molecular complexity index is 886. The number of hydrogen-bond donors (Lipinski definition) is 1. The van der Waals surface area contributed by atoms with E-state index in [9.17, 15) is 0 Å². The maximum absolute atomic E-state index is 4.71. The van der Waals surface area contributed by atoms with Gasteiger partial charge in [-0.15, -0.1) is 5.10 Å². The van der Waals surface area contributed by atoms with E-state index in [2.05, 4.69) is 76.7 Å². The SMILES string of the molecule is Cc1cccc(C)c1Nc1nncc(N2CCCc3ccccc32)n1. The van der Waals surface area contributed by atoms with Gasteiger partial charge in [0.1, 0.15) is 0 Å². The molecule has 0 atom stereocenters. The topological polar surface area (TPSA) is 53.9 Å². The Morgan fingerprint density at radius 3 is 2.64 bits per heavy atom. The van der Waals surface area contributed by atoms with Gasteiger partial charge < -0.3 is 10.2 Å². The quantitative estimate of drug-likeness (QED) is 0.775. The molecule has 0 unspecified atom stereocenters. The number of aryl methyl sites for hydroxylation is 3. The number of fused-ring (bicyclic) bond motifs is 1. The number of nitrogens with one attached hydrogen (secondary N) is 1. The minimum absolute atomic E-state index is 0.526. The molecule has 3 aromatic rings. The van der Waals surface area contributed by atoms with E-state index in [0.717, 1.165) is 42.0 Å². The van der Waals surface area contributed by atoms with E-state index >= 15 is 0 Å². The zero-order valence-corrected chi connectivity index (χ0v) is 14.5. The summed E-state index contributed by atoms with van der Waals surface area (Å²) in [4.78, 5) is 6.94. The molecule has 0 saturated heterocycles. The lowest BCUT2D eigenvalue weighted by Gasteiger charge is -2.30. The predicted octanol–water partition coefficient (Wildman–Crippen LogP) is 4.32. The smallest absolute Gasteiger partial charge is 0.249 e. The number of anilines is 4. The summed E-state index contributed by atoms with van der Waals surface area (Å²) >= 11 is 0. The number of rotatable bonds is 3. The van der Waals surface area contributed by atoms with E-state index in [1.165, 1.54) is 11.3 Å². The third kappa shape index (κ3) is 3.05. The molecule has 0 aliphatic carbocycles. The molecule has 0 saturated carbocycles. The molecular formula is C20H21N5. The third-order valence-electron chi connectivity index (χ3n) is 4.65. The summed E-state index contributed by atoms with van der Waals surface area (Å²) in [7, 11) is 0. The normalized spacial score (nSPS) is 13.4. The van der Waals surface area contributed by atoms with Crippen LogP contribution in [-0.2, 0) is 6.42 Å². The fourth-order valence-electron chi connectivity index (χ4n) is 3.37. The second kappa shape index (κ2) is 6.51. The van der Waals surface area contributed by atoms with Crippen molar-refractivity contribution in [1.29, 1.82) is 0 Å². The fourth-order valence-corrected chi connectivity index (χ4v) is 3.37. The van der Waals surface area contributed by atoms with Gasteiger partial charge in [-0.05, 0) is 49.4 Å². The molecule has 1 aliphatic heterocycles. The lowest BCUT2D eigenvalue weighted by atomic mass is 10.0. The van der Waals surface area contributed by atoms with Crippen LogP contribution in [0.25, 0.3) is 0 Å². The largest absolute Gasteiger partial charge is 0.325 e. The maximum atomic E-state index is 4.71. The molecule has 25 heavy (non-hydrogen) atoms. The van der Waals surface area contributed by atoms with E-state index in [1.807, 2.05) is 0 Å². The highest BCUT2D eigenvalue weighted by Crippen LogP contribution is 2.32. The summed E-state index contributed by atoms with van der Waals surface area (Å²) < 4.78 is 0. The standard InChI is InChI=1S/C20H21N5/c1-14-7-5-8-15(2)19(14)23-20-22-18(13-21-24-20)25-12-6-10-16-9-3-4-11-17(16)25/h3-5,7-9,11,13H,6,10,12H2,1-2H3,(H,22,23,24). The fraction of sp³-hybridized carbons (Fsp3) is 0.250. The minimum atomic E-state index is 0.526. The van der Waals surface area contributed by atoms with Gasteiger partial charge in [-0.1, -0.05) is 36.4 Å². The Morgan fingerprint density at radius 2 is 1.80 bits per heavy atom. The Kier molecular flexibility index (Phi) is 4.06. The molecule has 0 spiro atoms. The monoisotopic (exact) mass is 331 g/mol. The van der Waals surface area contributed by atoms with Gasteiger partial charge in [-0.25, -0.2) is 0 Å². The van der Waals surface area contributed by atoms with Gasteiger partial charge >= 0.3 is 0 Å². The van der Waals surface area contributed by atoms with Crippen LogP contribution in [0.3, 0.4) is 0 Å². The van der Waals surface area contributed by atoms with Crippen molar-refractivity contribution < 1.29 is 0 Å². The summed E-state index contributed by atoms with van der Waals surface area (Å²) in [6.07, 6.45) is 3.96. The van der Waals surface area contributed by atoms with Crippen LogP contribution in [0.5, 0.6) is 0 Å². The molecule has 2 heterocycles. The average molecular weight is 331 g/mol. The van der Waals surface area contributed by atoms with Crippen LogP contribution < -0.4 is 10.2 Å². The maximum Gasteiger partial charge on any atom is 0.249 e. The molecule has 1 aromatic heterocycles.